The van der Waals surface area contributed by atoms with Crippen molar-refractivity contribution in [3.8, 4) is 11.1 Å². The molecule has 0 aliphatic rings. The molecule has 0 aliphatic carbocycles. The molecule has 0 bridgehead atoms. The van der Waals surface area contributed by atoms with Crippen LogP contribution in [0.1, 0.15) is 10.4 Å². The van der Waals surface area contributed by atoms with Crippen LogP contribution in [0.5, 0.6) is 0 Å². The molecule has 0 atom stereocenters. The van der Waals surface area contributed by atoms with Gasteiger partial charge in [-0.1, -0.05) is 34.8 Å². The van der Waals surface area contributed by atoms with Gasteiger partial charge in [-0.3, -0.25) is 0 Å². The first-order valence-corrected chi connectivity index (χ1v) is 6.17. The third-order valence-electron chi connectivity index (χ3n) is 2.47. The number of aromatic nitrogens is 1. The topological polar surface area (TPSA) is 76.2 Å². The largest absolute Gasteiger partial charge is 0.478 e. The highest BCUT2D eigenvalue weighted by Crippen LogP contribution is 2.35. The van der Waals surface area contributed by atoms with E-state index in [1.54, 1.807) is 12.1 Å². The van der Waals surface area contributed by atoms with Crippen LogP contribution in [-0.4, -0.2) is 16.1 Å². The summed E-state index contributed by atoms with van der Waals surface area (Å²) in [6.07, 6.45) is 1.44. The Morgan fingerprint density at radius 3 is 2.21 bits per heavy atom. The molecule has 0 unspecified atom stereocenters. The van der Waals surface area contributed by atoms with Crippen molar-refractivity contribution >= 4 is 46.6 Å². The van der Waals surface area contributed by atoms with E-state index in [0.717, 1.165) is 0 Å². The summed E-state index contributed by atoms with van der Waals surface area (Å²) in [6.45, 7) is 0. The van der Waals surface area contributed by atoms with Gasteiger partial charge in [0.1, 0.15) is 11.4 Å². The predicted octanol–water partition coefficient (Wildman–Crippen LogP) is 3.99. The Morgan fingerprint density at radius 1 is 1.11 bits per heavy atom. The molecule has 0 saturated heterocycles. The zero-order valence-corrected chi connectivity index (χ0v) is 11.6. The first kappa shape index (κ1) is 13.9. The number of hydrogen-bond donors (Lipinski definition) is 2. The predicted molar refractivity (Wildman–Crippen MR) is 76.1 cm³/mol. The van der Waals surface area contributed by atoms with Crippen LogP contribution in [0.4, 0.5) is 5.82 Å². The van der Waals surface area contributed by atoms with Crippen molar-refractivity contribution in [2.75, 3.05) is 5.73 Å². The molecule has 7 heteroatoms. The number of aromatic carboxylic acids is 1. The zero-order valence-electron chi connectivity index (χ0n) is 9.32. The lowest BCUT2D eigenvalue weighted by molar-refractivity contribution is 0.0698. The lowest BCUT2D eigenvalue weighted by Gasteiger charge is -2.07. The summed E-state index contributed by atoms with van der Waals surface area (Å²) in [5.41, 5.74) is 6.54. The van der Waals surface area contributed by atoms with Gasteiger partial charge in [-0.25, -0.2) is 9.78 Å². The summed E-state index contributed by atoms with van der Waals surface area (Å²) >= 11 is 17.7. The maximum Gasteiger partial charge on any atom is 0.339 e. The molecule has 1 heterocycles. The van der Waals surface area contributed by atoms with Crippen LogP contribution in [-0.2, 0) is 0 Å². The van der Waals surface area contributed by atoms with Gasteiger partial charge in [0.2, 0.25) is 0 Å². The van der Waals surface area contributed by atoms with E-state index >= 15 is 0 Å². The van der Waals surface area contributed by atoms with Gasteiger partial charge >= 0.3 is 5.97 Å². The van der Waals surface area contributed by atoms with Crippen molar-refractivity contribution in [2.45, 2.75) is 0 Å². The minimum absolute atomic E-state index is 0.0533. The fraction of sp³-hybridized carbons (Fsp3) is 0. The number of benzene rings is 1. The lowest BCUT2D eigenvalue weighted by Crippen LogP contribution is -2.04. The van der Waals surface area contributed by atoms with Crippen LogP contribution < -0.4 is 5.73 Å². The summed E-state index contributed by atoms with van der Waals surface area (Å²) in [7, 11) is 0. The Morgan fingerprint density at radius 2 is 1.68 bits per heavy atom. The number of anilines is 1. The van der Waals surface area contributed by atoms with E-state index in [0.29, 0.717) is 11.1 Å². The van der Waals surface area contributed by atoms with E-state index in [-0.39, 0.29) is 26.4 Å². The van der Waals surface area contributed by atoms with Crippen molar-refractivity contribution in [1.29, 1.82) is 0 Å². The van der Waals surface area contributed by atoms with Gasteiger partial charge in [0.05, 0.1) is 15.1 Å². The number of nitrogen functional groups attached to an aromatic ring is 1. The molecule has 98 valence electrons. The number of carboxylic acids is 1. The Labute approximate surface area is 123 Å². The van der Waals surface area contributed by atoms with Crippen molar-refractivity contribution in [3.63, 3.8) is 0 Å². The van der Waals surface area contributed by atoms with E-state index in [9.17, 15) is 4.79 Å². The molecule has 3 N–H and O–H groups in total. The van der Waals surface area contributed by atoms with E-state index in [2.05, 4.69) is 4.98 Å². The Kier molecular flexibility index (Phi) is 3.85. The highest BCUT2D eigenvalue weighted by Gasteiger charge is 2.13. The number of carboxylic acid groups (broad SMARTS) is 1. The maximum atomic E-state index is 11.0. The van der Waals surface area contributed by atoms with Gasteiger partial charge in [-0.2, -0.15) is 0 Å². The van der Waals surface area contributed by atoms with Crippen LogP contribution in [0.15, 0.2) is 24.4 Å². The van der Waals surface area contributed by atoms with Gasteiger partial charge in [-0.05, 0) is 23.8 Å². The Bertz CT molecular complexity index is 651. The second kappa shape index (κ2) is 5.25. The first-order chi connectivity index (χ1) is 8.90. The fourth-order valence-corrected chi connectivity index (χ4v) is 2.12. The van der Waals surface area contributed by atoms with Crippen LogP contribution in [0.3, 0.4) is 0 Å². The minimum Gasteiger partial charge on any atom is -0.478 e. The standard InChI is InChI=1S/C12H7Cl3N2O2/c13-8-2-5(3-9(14)10(8)15)6-1-7(12(18)19)11(16)17-4-6/h1-4H,(H2,16,17)(H,18,19). The van der Waals surface area contributed by atoms with Crippen LogP contribution in [0, 0.1) is 0 Å². The molecule has 2 aromatic rings. The van der Waals surface area contributed by atoms with Crippen LogP contribution in [0.2, 0.25) is 15.1 Å². The van der Waals surface area contributed by atoms with Crippen molar-refractivity contribution in [3.05, 3.63) is 45.0 Å². The molecule has 0 spiro atoms. The normalized spacial score (nSPS) is 10.5. The molecule has 0 aliphatic heterocycles. The monoisotopic (exact) mass is 316 g/mol. The van der Waals surface area contributed by atoms with E-state index in [1.807, 2.05) is 0 Å². The summed E-state index contributed by atoms with van der Waals surface area (Å²) < 4.78 is 0. The van der Waals surface area contributed by atoms with Gasteiger partial charge in [-0.15, -0.1) is 0 Å². The highest BCUT2D eigenvalue weighted by molar-refractivity contribution is 6.48. The molecule has 19 heavy (non-hydrogen) atoms. The number of carbonyl (C=O) groups is 1. The Hall–Kier alpha value is -1.49. The molecular weight excluding hydrogens is 311 g/mol. The second-order valence-corrected chi connectivity index (χ2v) is 4.91. The summed E-state index contributed by atoms with van der Waals surface area (Å²) in [4.78, 5) is 14.8. The zero-order chi connectivity index (χ0) is 14.2. The number of halogens is 3. The SMILES string of the molecule is Nc1ncc(-c2cc(Cl)c(Cl)c(Cl)c2)cc1C(=O)O. The number of rotatable bonds is 2. The number of nitrogens with two attached hydrogens (primary N) is 1. The lowest BCUT2D eigenvalue weighted by atomic mass is 10.1. The molecule has 0 radical (unpaired) electrons. The summed E-state index contributed by atoms with van der Waals surface area (Å²) in [5.74, 6) is -1.21. The number of nitrogens with zero attached hydrogens (tertiary/aromatic N) is 1. The van der Waals surface area contributed by atoms with Crippen LogP contribution in [0.25, 0.3) is 11.1 Å². The minimum atomic E-state index is -1.15. The van der Waals surface area contributed by atoms with Gasteiger partial charge in [0, 0.05) is 11.8 Å². The second-order valence-electron chi connectivity index (χ2n) is 3.72. The molecule has 2 rings (SSSR count). The van der Waals surface area contributed by atoms with E-state index in [4.69, 9.17) is 45.6 Å². The average Bonchev–Trinajstić information content (AvgIpc) is 2.35. The molecule has 0 saturated carbocycles. The van der Waals surface area contributed by atoms with Crippen molar-refractivity contribution in [1.82, 2.24) is 4.98 Å². The maximum absolute atomic E-state index is 11.0. The molecular formula is C12H7Cl3N2O2. The van der Waals surface area contributed by atoms with Gasteiger partial charge in [0.25, 0.3) is 0 Å². The molecule has 4 nitrogen and oxygen atoms in total. The van der Waals surface area contributed by atoms with Gasteiger partial charge in [0.15, 0.2) is 0 Å². The highest BCUT2D eigenvalue weighted by atomic mass is 35.5. The van der Waals surface area contributed by atoms with Crippen LogP contribution >= 0.6 is 34.8 Å². The summed E-state index contributed by atoms with van der Waals surface area (Å²) in [5, 5.41) is 9.79. The molecule has 1 aromatic heterocycles. The number of pyridine rings is 1. The average molecular weight is 318 g/mol. The van der Waals surface area contributed by atoms with E-state index in [1.165, 1.54) is 12.3 Å². The summed E-state index contributed by atoms with van der Waals surface area (Å²) in [6, 6.07) is 4.56. The quantitative estimate of drug-likeness (QED) is 0.821. The number of hydrogen-bond acceptors (Lipinski definition) is 3. The Balaban J connectivity index is 2.60. The third-order valence-corrected chi connectivity index (χ3v) is 3.66. The van der Waals surface area contributed by atoms with Crippen molar-refractivity contribution in [2.24, 2.45) is 0 Å². The molecule has 1 aromatic carbocycles. The van der Waals surface area contributed by atoms with Gasteiger partial charge < -0.3 is 10.8 Å². The molecule has 0 amide bonds. The van der Waals surface area contributed by atoms with E-state index < -0.39 is 5.97 Å². The van der Waals surface area contributed by atoms with Crippen molar-refractivity contribution < 1.29 is 9.90 Å². The fourth-order valence-electron chi connectivity index (χ4n) is 1.53. The molecule has 0 fully saturated rings. The third kappa shape index (κ3) is 2.76. The smallest absolute Gasteiger partial charge is 0.339 e. The first-order valence-electron chi connectivity index (χ1n) is 5.04.